The van der Waals surface area contributed by atoms with Crippen LogP contribution in [0.5, 0.6) is 0 Å². The predicted molar refractivity (Wildman–Crippen MR) is 124 cm³/mol. The maximum Gasteiger partial charge on any atom is 0.163 e. The third-order valence-corrected chi connectivity index (χ3v) is 9.75. The van der Waals surface area contributed by atoms with Crippen molar-refractivity contribution in [2.75, 3.05) is 0 Å². The van der Waals surface area contributed by atoms with Gasteiger partial charge in [-0.3, -0.25) is 4.79 Å². The second-order valence-corrected chi connectivity index (χ2v) is 11.7. The molecule has 0 spiro atoms. The molecule has 2 heteroatoms. The summed E-state index contributed by atoms with van der Waals surface area (Å²) in [6.45, 7) is 16.0. The molecule has 0 amide bonds. The zero-order chi connectivity index (χ0) is 21.8. The van der Waals surface area contributed by atoms with E-state index in [1.54, 1.807) is 0 Å². The average Bonchev–Trinajstić information content (AvgIpc) is 3.04. The van der Waals surface area contributed by atoms with Crippen LogP contribution in [0.1, 0.15) is 92.4 Å². The van der Waals surface area contributed by atoms with Gasteiger partial charge in [-0.25, -0.2) is 0 Å². The van der Waals surface area contributed by atoms with Crippen molar-refractivity contribution in [1.29, 1.82) is 0 Å². The molecule has 0 aromatic heterocycles. The van der Waals surface area contributed by atoms with Crippen LogP contribution in [0.3, 0.4) is 0 Å². The standard InChI is InChI=1S/C28H42O2/c1-17(2)18(3)7-8-19(4)22-9-10-23-26-24(12-14-28(22,23)6)27(5)13-11-21(29)15-20(27)16-25(26)30/h10,17,19-22,29H,3,7-9,11-16H2,1-2,4-6H3/t19-,20?,21+,22-,27+,28-/m1/s1. The van der Waals surface area contributed by atoms with Crippen molar-refractivity contribution in [2.24, 2.45) is 34.5 Å². The number of rotatable bonds is 5. The van der Waals surface area contributed by atoms with E-state index in [2.05, 4.69) is 47.3 Å². The molecule has 4 rings (SSSR count). The minimum absolute atomic E-state index is 0.114. The molecule has 2 nitrogen and oxygen atoms in total. The molecule has 0 radical (unpaired) electrons. The van der Waals surface area contributed by atoms with E-state index >= 15 is 0 Å². The lowest BCUT2D eigenvalue weighted by Gasteiger charge is -2.53. The van der Waals surface area contributed by atoms with E-state index in [1.807, 2.05) is 0 Å². The van der Waals surface area contributed by atoms with E-state index in [1.165, 1.54) is 29.6 Å². The lowest BCUT2D eigenvalue weighted by molar-refractivity contribution is -0.120. The summed E-state index contributed by atoms with van der Waals surface area (Å²) < 4.78 is 0. The molecule has 4 aliphatic rings. The Kier molecular flexibility index (Phi) is 5.71. The molecular formula is C28H42O2. The summed E-state index contributed by atoms with van der Waals surface area (Å²) >= 11 is 0. The molecule has 30 heavy (non-hydrogen) atoms. The van der Waals surface area contributed by atoms with Gasteiger partial charge < -0.3 is 5.11 Å². The maximum absolute atomic E-state index is 13.4. The first-order valence-electron chi connectivity index (χ1n) is 12.4. The molecule has 0 aliphatic heterocycles. The number of carbonyl (C=O) groups excluding carboxylic acids is 1. The Hall–Kier alpha value is -1.15. The third-order valence-electron chi connectivity index (χ3n) is 9.75. The number of aliphatic hydroxyl groups is 1. The van der Waals surface area contributed by atoms with Gasteiger partial charge in [-0.05, 0) is 91.4 Å². The van der Waals surface area contributed by atoms with Gasteiger partial charge in [-0.15, -0.1) is 0 Å². The highest BCUT2D eigenvalue weighted by Gasteiger charge is 2.55. The molecule has 0 saturated heterocycles. The number of carbonyl (C=O) groups is 1. The van der Waals surface area contributed by atoms with Crippen LogP contribution in [0.15, 0.2) is 34.9 Å². The predicted octanol–water partition coefficient (Wildman–Crippen LogP) is 6.80. The molecule has 0 bridgehead atoms. The Morgan fingerprint density at radius 1 is 1.23 bits per heavy atom. The number of allylic oxidation sites excluding steroid dienone is 5. The molecule has 0 aromatic rings. The zero-order valence-electron chi connectivity index (χ0n) is 19.9. The molecule has 166 valence electrons. The van der Waals surface area contributed by atoms with Gasteiger partial charge in [-0.1, -0.05) is 58.4 Å². The summed E-state index contributed by atoms with van der Waals surface area (Å²) in [5.41, 5.74) is 5.58. The number of Topliss-reactive ketones (excluding diaryl/α,β-unsaturated/α-hetero) is 1. The topological polar surface area (TPSA) is 37.3 Å². The number of hydrogen-bond acceptors (Lipinski definition) is 2. The molecule has 4 aliphatic carbocycles. The van der Waals surface area contributed by atoms with Crippen LogP contribution in [0, 0.1) is 34.5 Å². The summed E-state index contributed by atoms with van der Waals surface area (Å²) in [5, 5.41) is 10.2. The fourth-order valence-corrected chi connectivity index (χ4v) is 7.38. The Morgan fingerprint density at radius 2 is 1.97 bits per heavy atom. The van der Waals surface area contributed by atoms with E-state index in [9.17, 15) is 9.90 Å². The fourth-order valence-electron chi connectivity index (χ4n) is 7.38. The van der Waals surface area contributed by atoms with Gasteiger partial charge in [0.25, 0.3) is 0 Å². The van der Waals surface area contributed by atoms with Gasteiger partial charge in [-0.2, -0.15) is 0 Å². The van der Waals surface area contributed by atoms with E-state index in [4.69, 9.17) is 0 Å². The number of fused-ring (bicyclic) bond motifs is 4. The molecule has 1 unspecified atom stereocenters. The smallest absolute Gasteiger partial charge is 0.163 e. The molecular weight excluding hydrogens is 368 g/mol. The Labute approximate surface area is 183 Å². The quantitative estimate of drug-likeness (QED) is 0.506. The summed E-state index contributed by atoms with van der Waals surface area (Å²) in [4.78, 5) is 13.4. The van der Waals surface area contributed by atoms with E-state index < -0.39 is 0 Å². The van der Waals surface area contributed by atoms with Crippen LogP contribution >= 0.6 is 0 Å². The third kappa shape index (κ3) is 3.38. The largest absolute Gasteiger partial charge is 0.393 e. The van der Waals surface area contributed by atoms with Crippen LogP contribution in [-0.4, -0.2) is 17.0 Å². The molecule has 6 atom stereocenters. The van der Waals surface area contributed by atoms with Gasteiger partial charge in [0.1, 0.15) is 0 Å². The summed E-state index contributed by atoms with van der Waals surface area (Å²) in [7, 11) is 0. The number of aliphatic hydroxyl groups excluding tert-OH is 1. The van der Waals surface area contributed by atoms with Gasteiger partial charge in [0.05, 0.1) is 6.10 Å². The summed E-state index contributed by atoms with van der Waals surface area (Å²) in [6, 6.07) is 0. The maximum atomic E-state index is 13.4. The average molecular weight is 411 g/mol. The van der Waals surface area contributed by atoms with Gasteiger partial charge >= 0.3 is 0 Å². The van der Waals surface area contributed by atoms with Gasteiger partial charge in [0.15, 0.2) is 5.78 Å². The van der Waals surface area contributed by atoms with Crippen LogP contribution in [-0.2, 0) is 4.79 Å². The first kappa shape index (κ1) is 22.1. The van der Waals surface area contributed by atoms with Crippen molar-refractivity contribution in [2.45, 2.75) is 98.5 Å². The molecule has 1 saturated carbocycles. The number of hydrogen-bond donors (Lipinski definition) is 1. The fraction of sp³-hybridized carbons (Fsp3) is 0.750. The van der Waals surface area contributed by atoms with Crippen molar-refractivity contribution in [1.82, 2.24) is 0 Å². The van der Waals surface area contributed by atoms with Crippen molar-refractivity contribution >= 4 is 5.78 Å². The Morgan fingerprint density at radius 3 is 2.67 bits per heavy atom. The van der Waals surface area contributed by atoms with Crippen LogP contribution < -0.4 is 0 Å². The summed E-state index contributed by atoms with van der Waals surface area (Å²) in [6.07, 6.45) is 11.3. The van der Waals surface area contributed by atoms with Crippen LogP contribution in [0.2, 0.25) is 0 Å². The molecule has 0 aromatic carbocycles. The molecule has 1 fully saturated rings. The van der Waals surface area contributed by atoms with Crippen molar-refractivity contribution in [3.05, 3.63) is 34.9 Å². The SMILES string of the molecule is C=C(CC[C@@H](C)[C@H]1CC=C2C3=C(CC[C@@]21C)[C@@]1(C)CC[C@H](O)CC1CC3=O)C(C)C. The zero-order valence-corrected chi connectivity index (χ0v) is 19.9. The van der Waals surface area contributed by atoms with Gasteiger partial charge in [0.2, 0.25) is 0 Å². The van der Waals surface area contributed by atoms with Crippen LogP contribution in [0.4, 0.5) is 0 Å². The monoisotopic (exact) mass is 410 g/mol. The van der Waals surface area contributed by atoms with Gasteiger partial charge in [0, 0.05) is 12.0 Å². The Balaban J connectivity index is 1.59. The van der Waals surface area contributed by atoms with Crippen molar-refractivity contribution in [3.8, 4) is 0 Å². The van der Waals surface area contributed by atoms with Crippen molar-refractivity contribution in [3.63, 3.8) is 0 Å². The second-order valence-electron chi connectivity index (χ2n) is 11.7. The highest BCUT2D eigenvalue weighted by molar-refractivity contribution is 6.02. The normalized spacial score (nSPS) is 39.4. The van der Waals surface area contributed by atoms with Crippen molar-refractivity contribution < 1.29 is 9.90 Å². The minimum Gasteiger partial charge on any atom is -0.393 e. The summed E-state index contributed by atoms with van der Waals surface area (Å²) in [5.74, 6) is 2.53. The lowest BCUT2D eigenvalue weighted by atomic mass is 9.51. The lowest BCUT2D eigenvalue weighted by Crippen LogP contribution is -2.46. The Bertz CT molecular complexity index is 799. The highest BCUT2D eigenvalue weighted by Crippen LogP contribution is 2.63. The molecule has 1 N–H and O–H groups in total. The van der Waals surface area contributed by atoms with Crippen LogP contribution in [0.25, 0.3) is 0 Å². The van der Waals surface area contributed by atoms with E-state index in [-0.39, 0.29) is 16.9 Å². The second kappa shape index (κ2) is 7.76. The molecule has 0 heterocycles. The number of ketones is 1. The highest BCUT2D eigenvalue weighted by atomic mass is 16.3. The van der Waals surface area contributed by atoms with E-state index in [0.29, 0.717) is 35.9 Å². The first-order valence-corrected chi connectivity index (χ1v) is 12.4. The minimum atomic E-state index is -0.219. The van der Waals surface area contributed by atoms with E-state index in [0.717, 1.165) is 44.1 Å². The first-order chi connectivity index (χ1) is 14.1.